The van der Waals surface area contributed by atoms with Crippen LogP contribution < -0.4 is 10.1 Å². The van der Waals surface area contributed by atoms with Crippen molar-refractivity contribution < 1.29 is 14.3 Å². The van der Waals surface area contributed by atoms with Crippen LogP contribution in [0.2, 0.25) is 0 Å². The van der Waals surface area contributed by atoms with Crippen LogP contribution in [0, 0.1) is 0 Å². The molecule has 19 heavy (non-hydrogen) atoms. The number of methoxy groups -OCH3 is 1. The largest absolute Gasteiger partial charge is 0.497 e. The molecule has 4 nitrogen and oxygen atoms in total. The van der Waals surface area contributed by atoms with Gasteiger partial charge in [-0.05, 0) is 44.5 Å². The van der Waals surface area contributed by atoms with Crippen LogP contribution in [0.1, 0.15) is 43.5 Å². The van der Waals surface area contributed by atoms with Crippen LogP contribution in [0.25, 0.3) is 0 Å². The molecule has 0 radical (unpaired) electrons. The molecule has 0 heterocycles. The predicted molar refractivity (Wildman–Crippen MR) is 74.5 cm³/mol. The van der Waals surface area contributed by atoms with Crippen LogP contribution in [0.5, 0.6) is 5.75 Å². The summed E-state index contributed by atoms with van der Waals surface area (Å²) in [7, 11) is 1.59. The Hall–Kier alpha value is -1.84. The monoisotopic (exact) mass is 263 g/mol. The molecule has 1 aromatic rings. The van der Waals surface area contributed by atoms with E-state index in [-0.39, 0.29) is 17.7 Å². The maximum Gasteiger partial charge on any atom is 0.220 e. The van der Waals surface area contributed by atoms with Crippen molar-refractivity contribution >= 4 is 11.7 Å². The number of hydrogen-bond acceptors (Lipinski definition) is 3. The summed E-state index contributed by atoms with van der Waals surface area (Å²) in [6.07, 6.45) is 1.35. The lowest BCUT2D eigenvalue weighted by molar-refractivity contribution is -0.121. The summed E-state index contributed by atoms with van der Waals surface area (Å²) in [5, 5.41) is 2.80. The minimum atomic E-state index is -0.00229. The summed E-state index contributed by atoms with van der Waals surface area (Å²) >= 11 is 0. The minimum absolute atomic E-state index is 0.00229. The second-order valence-electron chi connectivity index (χ2n) is 4.73. The predicted octanol–water partition coefficient (Wildman–Crippen LogP) is 2.57. The molecule has 0 bridgehead atoms. The Morgan fingerprint density at radius 2 is 1.79 bits per heavy atom. The molecule has 0 aliphatic heterocycles. The van der Waals surface area contributed by atoms with Crippen molar-refractivity contribution in [1.82, 2.24) is 5.32 Å². The molecule has 104 valence electrons. The summed E-state index contributed by atoms with van der Waals surface area (Å²) in [5.41, 5.74) is 0.657. The smallest absolute Gasteiger partial charge is 0.220 e. The highest BCUT2D eigenvalue weighted by atomic mass is 16.5. The molecule has 1 aromatic carbocycles. The molecule has 0 unspecified atom stereocenters. The van der Waals surface area contributed by atoms with Crippen molar-refractivity contribution in [2.75, 3.05) is 7.11 Å². The number of ketones is 1. The van der Waals surface area contributed by atoms with E-state index in [1.165, 1.54) is 0 Å². The van der Waals surface area contributed by atoms with E-state index in [2.05, 4.69) is 5.32 Å². The van der Waals surface area contributed by atoms with Gasteiger partial charge < -0.3 is 10.1 Å². The molecule has 0 atom stereocenters. The number of rotatable bonds is 7. The SMILES string of the molecule is COc1ccc(C(=O)CCCC(=O)NC(C)C)cc1. The number of amides is 1. The Kier molecular flexibility index (Phi) is 6.06. The number of hydrogen-bond donors (Lipinski definition) is 1. The van der Waals surface area contributed by atoms with Crippen LogP contribution in [0.3, 0.4) is 0 Å². The molecule has 0 saturated carbocycles. The highest BCUT2D eigenvalue weighted by molar-refractivity contribution is 5.96. The van der Waals surface area contributed by atoms with E-state index in [1.54, 1.807) is 31.4 Å². The normalized spacial score (nSPS) is 10.3. The van der Waals surface area contributed by atoms with Gasteiger partial charge in [0, 0.05) is 24.4 Å². The van der Waals surface area contributed by atoms with Gasteiger partial charge in [0.25, 0.3) is 0 Å². The van der Waals surface area contributed by atoms with E-state index in [0.29, 0.717) is 24.8 Å². The van der Waals surface area contributed by atoms with Crippen LogP contribution in [0.4, 0.5) is 0 Å². The Morgan fingerprint density at radius 3 is 2.32 bits per heavy atom. The first kappa shape index (κ1) is 15.2. The summed E-state index contributed by atoms with van der Waals surface area (Å²) in [5.74, 6) is 0.783. The van der Waals surface area contributed by atoms with Crippen molar-refractivity contribution in [3.05, 3.63) is 29.8 Å². The van der Waals surface area contributed by atoms with Gasteiger partial charge in [-0.3, -0.25) is 9.59 Å². The van der Waals surface area contributed by atoms with E-state index in [4.69, 9.17) is 4.74 Å². The molecule has 1 amide bonds. The molecule has 1 rings (SSSR count). The zero-order valence-electron chi connectivity index (χ0n) is 11.7. The second-order valence-corrected chi connectivity index (χ2v) is 4.73. The van der Waals surface area contributed by atoms with Gasteiger partial charge in [-0.1, -0.05) is 0 Å². The number of Topliss-reactive ketones (excluding diaryl/α,β-unsaturated/α-hetero) is 1. The maximum absolute atomic E-state index is 11.9. The van der Waals surface area contributed by atoms with E-state index in [0.717, 1.165) is 5.75 Å². The standard InChI is InChI=1S/C15H21NO3/c1-11(2)16-15(18)6-4-5-14(17)12-7-9-13(19-3)10-8-12/h7-11H,4-6H2,1-3H3,(H,16,18). The molecule has 0 aromatic heterocycles. The fraction of sp³-hybridized carbons (Fsp3) is 0.467. The number of benzene rings is 1. The van der Waals surface area contributed by atoms with Gasteiger partial charge >= 0.3 is 0 Å². The first-order valence-electron chi connectivity index (χ1n) is 6.49. The lowest BCUT2D eigenvalue weighted by Gasteiger charge is -2.07. The molecule has 0 spiro atoms. The molecular formula is C15H21NO3. The van der Waals surface area contributed by atoms with E-state index in [1.807, 2.05) is 13.8 Å². The zero-order valence-corrected chi connectivity index (χ0v) is 11.7. The summed E-state index contributed by atoms with van der Waals surface area (Å²) < 4.78 is 5.03. The highest BCUT2D eigenvalue weighted by Crippen LogP contribution is 2.13. The molecule has 4 heteroatoms. The first-order chi connectivity index (χ1) is 9.02. The number of carbonyl (C=O) groups excluding carboxylic acids is 2. The van der Waals surface area contributed by atoms with Gasteiger partial charge in [-0.25, -0.2) is 0 Å². The fourth-order valence-corrected chi connectivity index (χ4v) is 1.72. The minimum Gasteiger partial charge on any atom is -0.497 e. The van der Waals surface area contributed by atoms with E-state index >= 15 is 0 Å². The van der Waals surface area contributed by atoms with Gasteiger partial charge in [-0.15, -0.1) is 0 Å². The Morgan fingerprint density at radius 1 is 1.16 bits per heavy atom. The third kappa shape index (κ3) is 5.55. The summed E-state index contributed by atoms with van der Waals surface area (Å²) in [4.78, 5) is 23.3. The van der Waals surface area contributed by atoms with E-state index < -0.39 is 0 Å². The molecule has 0 aliphatic carbocycles. The quantitative estimate of drug-likeness (QED) is 0.769. The van der Waals surface area contributed by atoms with Crippen molar-refractivity contribution in [2.24, 2.45) is 0 Å². The Balaban J connectivity index is 2.36. The third-order valence-corrected chi connectivity index (χ3v) is 2.67. The molecule has 0 saturated heterocycles. The van der Waals surface area contributed by atoms with Gasteiger partial charge in [0.1, 0.15) is 5.75 Å². The molecular weight excluding hydrogens is 242 g/mol. The maximum atomic E-state index is 11.9. The van der Waals surface area contributed by atoms with Crippen LogP contribution in [0.15, 0.2) is 24.3 Å². The van der Waals surface area contributed by atoms with Crippen LogP contribution in [-0.2, 0) is 4.79 Å². The molecule has 1 N–H and O–H groups in total. The first-order valence-corrected chi connectivity index (χ1v) is 6.49. The average molecular weight is 263 g/mol. The second kappa shape index (κ2) is 7.56. The van der Waals surface area contributed by atoms with Crippen molar-refractivity contribution in [1.29, 1.82) is 0 Å². The van der Waals surface area contributed by atoms with Gasteiger partial charge in [0.05, 0.1) is 7.11 Å². The van der Waals surface area contributed by atoms with Crippen LogP contribution in [-0.4, -0.2) is 24.8 Å². The number of ether oxygens (including phenoxy) is 1. The number of nitrogens with one attached hydrogen (secondary N) is 1. The van der Waals surface area contributed by atoms with Gasteiger partial charge in [0.2, 0.25) is 5.91 Å². The summed E-state index contributed by atoms with van der Waals surface area (Å²) in [6, 6.07) is 7.16. The van der Waals surface area contributed by atoms with E-state index in [9.17, 15) is 9.59 Å². The Labute approximate surface area is 114 Å². The van der Waals surface area contributed by atoms with Crippen molar-refractivity contribution in [3.63, 3.8) is 0 Å². The highest BCUT2D eigenvalue weighted by Gasteiger charge is 2.08. The summed E-state index contributed by atoms with van der Waals surface area (Å²) in [6.45, 7) is 3.83. The third-order valence-electron chi connectivity index (χ3n) is 2.67. The number of carbonyl (C=O) groups is 2. The van der Waals surface area contributed by atoms with Crippen LogP contribution >= 0.6 is 0 Å². The zero-order chi connectivity index (χ0) is 14.3. The average Bonchev–Trinajstić information content (AvgIpc) is 2.37. The Bertz CT molecular complexity index is 424. The molecule has 0 fully saturated rings. The van der Waals surface area contributed by atoms with Crippen molar-refractivity contribution in [2.45, 2.75) is 39.2 Å². The van der Waals surface area contributed by atoms with Gasteiger partial charge in [-0.2, -0.15) is 0 Å². The van der Waals surface area contributed by atoms with Gasteiger partial charge in [0.15, 0.2) is 5.78 Å². The van der Waals surface area contributed by atoms with Crippen molar-refractivity contribution in [3.8, 4) is 5.75 Å². The molecule has 0 aliphatic rings. The lowest BCUT2D eigenvalue weighted by Crippen LogP contribution is -2.29. The fourth-order valence-electron chi connectivity index (χ4n) is 1.72. The lowest BCUT2D eigenvalue weighted by atomic mass is 10.1. The topological polar surface area (TPSA) is 55.4 Å².